The van der Waals surface area contributed by atoms with E-state index in [1.807, 2.05) is 30.1 Å². The minimum Gasteiger partial charge on any atom is -0.508 e. The SMILES string of the molecule is CN(Cc1ccc(O)cc1)C(=O)C1CCCN(Cc2ccccc2)C1. The van der Waals surface area contributed by atoms with Crippen LogP contribution in [0.3, 0.4) is 0 Å². The van der Waals surface area contributed by atoms with Crippen molar-refractivity contribution >= 4 is 5.91 Å². The van der Waals surface area contributed by atoms with Crippen LogP contribution in [-0.2, 0) is 17.9 Å². The summed E-state index contributed by atoms with van der Waals surface area (Å²) in [5.41, 5.74) is 2.33. The summed E-state index contributed by atoms with van der Waals surface area (Å²) in [5.74, 6) is 0.534. The lowest BCUT2D eigenvalue weighted by atomic mass is 9.96. The number of hydrogen-bond acceptors (Lipinski definition) is 3. The number of carbonyl (C=O) groups is 1. The summed E-state index contributed by atoms with van der Waals surface area (Å²) in [6.07, 6.45) is 2.03. The average molecular weight is 338 g/mol. The van der Waals surface area contributed by atoms with Crippen LogP contribution in [0.1, 0.15) is 24.0 Å². The third-order valence-electron chi connectivity index (χ3n) is 4.84. The molecule has 0 aromatic heterocycles. The highest BCUT2D eigenvalue weighted by Crippen LogP contribution is 2.21. The van der Waals surface area contributed by atoms with Gasteiger partial charge < -0.3 is 10.0 Å². The lowest BCUT2D eigenvalue weighted by Crippen LogP contribution is -2.43. The third-order valence-corrected chi connectivity index (χ3v) is 4.84. The molecule has 4 nitrogen and oxygen atoms in total. The Bertz CT molecular complexity index is 685. The molecule has 0 saturated carbocycles. The van der Waals surface area contributed by atoms with Gasteiger partial charge in [-0.15, -0.1) is 0 Å². The number of phenols is 1. The number of amides is 1. The number of aromatic hydroxyl groups is 1. The maximum Gasteiger partial charge on any atom is 0.227 e. The zero-order valence-corrected chi connectivity index (χ0v) is 14.8. The van der Waals surface area contributed by atoms with Crippen LogP contribution in [0.2, 0.25) is 0 Å². The molecule has 0 bridgehead atoms. The summed E-state index contributed by atoms with van der Waals surface area (Å²) in [6.45, 7) is 3.37. The molecule has 25 heavy (non-hydrogen) atoms. The maximum atomic E-state index is 12.8. The highest BCUT2D eigenvalue weighted by atomic mass is 16.3. The Hall–Kier alpha value is -2.33. The predicted molar refractivity (Wildman–Crippen MR) is 99.0 cm³/mol. The minimum absolute atomic E-state index is 0.0691. The number of likely N-dealkylation sites (tertiary alicyclic amines) is 1. The standard InChI is InChI=1S/C21H26N2O2/c1-22(14-18-9-11-20(24)12-10-18)21(25)19-8-5-13-23(16-19)15-17-6-3-2-4-7-17/h2-4,6-7,9-12,19,24H,5,8,13-16H2,1H3. The predicted octanol–water partition coefficient (Wildman–Crippen LogP) is 3.26. The molecular weight excluding hydrogens is 312 g/mol. The highest BCUT2D eigenvalue weighted by Gasteiger charge is 2.27. The van der Waals surface area contributed by atoms with Crippen LogP contribution in [0.4, 0.5) is 0 Å². The van der Waals surface area contributed by atoms with Crippen molar-refractivity contribution in [1.29, 1.82) is 0 Å². The molecule has 1 fully saturated rings. The van der Waals surface area contributed by atoms with Gasteiger partial charge in [-0.25, -0.2) is 0 Å². The topological polar surface area (TPSA) is 43.8 Å². The molecule has 1 N–H and O–H groups in total. The van der Waals surface area contributed by atoms with E-state index in [1.165, 1.54) is 5.56 Å². The zero-order valence-electron chi connectivity index (χ0n) is 14.8. The van der Waals surface area contributed by atoms with Gasteiger partial charge in [-0.3, -0.25) is 9.69 Å². The molecule has 2 aromatic rings. The van der Waals surface area contributed by atoms with E-state index >= 15 is 0 Å². The van der Waals surface area contributed by atoms with Gasteiger partial charge in [0.25, 0.3) is 0 Å². The monoisotopic (exact) mass is 338 g/mol. The van der Waals surface area contributed by atoms with E-state index in [1.54, 1.807) is 12.1 Å². The van der Waals surface area contributed by atoms with E-state index in [0.717, 1.165) is 38.0 Å². The van der Waals surface area contributed by atoms with Crippen molar-refractivity contribution in [2.45, 2.75) is 25.9 Å². The summed E-state index contributed by atoms with van der Waals surface area (Å²) in [7, 11) is 1.87. The molecule has 0 spiro atoms. The molecule has 0 radical (unpaired) electrons. The molecule has 1 saturated heterocycles. The molecule has 1 unspecified atom stereocenters. The molecule has 2 aromatic carbocycles. The van der Waals surface area contributed by atoms with Crippen molar-refractivity contribution in [3.63, 3.8) is 0 Å². The quantitative estimate of drug-likeness (QED) is 0.910. The van der Waals surface area contributed by atoms with Crippen molar-refractivity contribution < 1.29 is 9.90 Å². The fourth-order valence-electron chi connectivity index (χ4n) is 3.51. The first-order chi connectivity index (χ1) is 12.1. The maximum absolute atomic E-state index is 12.8. The largest absolute Gasteiger partial charge is 0.508 e. The second-order valence-electron chi connectivity index (χ2n) is 6.92. The number of phenolic OH excluding ortho intramolecular Hbond substituents is 1. The van der Waals surface area contributed by atoms with Crippen LogP contribution < -0.4 is 0 Å². The van der Waals surface area contributed by atoms with Gasteiger partial charge in [-0.05, 0) is 42.6 Å². The van der Waals surface area contributed by atoms with Gasteiger partial charge in [0.2, 0.25) is 5.91 Å². The molecule has 0 aliphatic carbocycles. The van der Waals surface area contributed by atoms with E-state index in [-0.39, 0.29) is 17.6 Å². The molecule has 1 heterocycles. The smallest absolute Gasteiger partial charge is 0.227 e. The number of hydrogen-bond donors (Lipinski definition) is 1. The second kappa shape index (κ2) is 8.17. The minimum atomic E-state index is 0.0691. The lowest BCUT2D eigenvalue weighted by molar-refractivity contribution is -0.136. The van der Waals surface area contributed by atoms with E-state index in [9.17, 15) is 9.90 Å². The van der Waals surface area contributed by atoms with Crippen LogP contribution in [0, 0.1) is 5.92 Å². The Morgan fingerprint density at radius 1 is 1.12 bits per heavy atom. The van der Waals surface area contributed by atoms with Crippen molar-refractivity contribution in [2.24, 2.45) is 5.92 Å². The van der Waals surface area contributed by atoms with Gasteiger partial charge in [0.1, 0.15) is 5.75 Å². The Kier molecular flexibility index (Phi) is 5.71. The van der Waals surface area contributed by atoms with Gasteiger partial charge >= 0.3 is 0 Å². The molecule has 1 atom stereocenters. The van der Waals surface area contributed by atoms with E-state index in [0.29, 0.717) is 6.54 Å². The number of benzene rings is 2. The van der Waals surface area contributed by atoms with Gasteiger partial charge in [-0.1, -0.05) is 42.5 Å². The number of carbonyl (C=O) groups excluding carboxylic acids is 1. The Balaban J connectivity index is 1.56. The first-order valence-corrected chi connectivity index (χ1v) is 8.91. The molecule has 3 rings (SSSR count). The number of rotatable bonds is 5. The van der Waals surface area contributed by atoms with Crippen LogP contribution >= 0.6 is 0 Å². The van der Waals surface area contributed by atoms with Crippen molar-refractivity contribution in [3.05, 3.63) is 65.7 Å². The van der Waals surface area contributed by atoms with Gasteiger partial charge in [0.05, 0.1) is 5.92 Å². The second-order valence-corrected chi connectivity index (χ2v) is 6.92. The van der Waals surface area contributed by atoms with Crippen LogP contribution in [-0.4, -0.2) is 41.0 Å². The van der Waals surface area contributed by atoms with Crippen molar-refractivity contribution in [1.82, 2.24) is 9.80 Å². The van der Waals surface area contributed by atoms with Crippen molar-refractivity contribution in [3.8, 4) is 5.75 Å². The Morgan fingerprint density at radius 3 is 2.56 bits per heavy atom. The summed E-state index contributed by atoms with van der Waals surface area (Å²) in [6, 6.07) is 17.5. The van der Waals surface area contributed by atoms with E-state index < -0.39 is 0 Å². The zero-order chi connectivity index (χ0) is 17.6. The first kappa shape index (κ1) is 17.5. The average Bonchev–Trinajstić information content (AvgIpc) is 2.64. The molecule has 132 valence electrons. The molecule has 1 amide bonds. The molecule has 1 aliphatic rings. The fraction of sp³-hybridized carbons (Fsp3) is 0.381. The summed E-state index contributed by atoms with van der Waals surface area (Å²) in [4.78, 5) is 17.0. The Morgan fingerprint density at radius 2 is 1.84 bits per heavy atom. The Labute approximate surface area is 149 Å². The van der Waals surface area contributed by atoms with E-state index in [4.69, 9.17) is 0 Å². The van der Waals surface area contributed by atoms with Crippen LogP contribution in [0.5, 0.6) is 5.75 Å². The summed E-state index contributed by atoms with van der Waals surface area (Å²) < 4.78 is 0. The van der Waals surface area contributed by atoms with E-state index in [2.05, 4.69) is 29.2 Å². The third kappa shape index (κ3) is 4.83. The molecular formula is C21H26N2O2. The van der Waals surface area contributed by atoms with Crippen LogP contribution in [0.15, 0.2) is 54.6 Å². The molecule has 1 aliphatic heterocycles. The highest BCUT2D eigenvalue weighted by molar-refractivity contribution is 5.79. The van der Waals surface area contributed by atoms with Gasteiger partial charge in [0, 0.05) is 26.7 Å². The van der Waals surface area contributed by atoms with Gasteiger partial charge in [0.15, 0.2) is 0 Å². The number of piperidine rings is 1. The summed E-state index contributed by atoms with van der Waals surface area (Å²) in [5, 5.41) is 9.37. The lowest BCUT2D eigenvalue weighted by Gasteiger charge is -2.34. The van der Waals surface area contributed by atoms with Crippen molar-refractivity contribution in [2.75, 3.05) is 20.1 Å². The summed E-state index contributed by atoms with van der Waals surface area (Å²) >= 11 is 0. The number of nitrogens with zero attached hydrogens (tertiary/aromatic N) is 2. The molecule has 4 heteroatoms. The normalized spacial score (nSPS) is 18.0. The first-order valence-electron chi connectivity index (χ1n) is 8.91. The fourth-order valence-corrected chi connectivity index (χ4v) is 3.51. The van der Waals surface area contributed by atoms with Gasteiger partial charge in [-0.2, -0.15) is 0 Å². The van der Waals surface area contributed by atoms with Crippen LogP contribution in [0.25, 0.3) is 0 Å².